The van der Waals surface area contributed by atoms with Crippen molar-refractivity contribution in [2.24, 2.45) is 5.92 Å². The third kappa shape index (κ3) is 7.08. The van der Waals surface area contributed by atoms with Crippen LogP contribution >= 0.6 is 0 Å². The van der Waals surface area contributed by atoms with Crippen LogP contribution in [0.15, 0.2) is 0 Å². The second-order valence-electron chi connectivity index (χ2n) is 4.89. The van der Waals surface area contributed by atoms with Gasteiger partial charge in [0.25, 0.3) is 0 Å². The van der Waals surface area contributed by atoms with Crippen molar-refractivity contribution in [3.63, 3.8) is 0 Å². The highest BCUT2D eigenvalue weighted by Gasteiger charge is 2.25. The Morgan fingerprint density at radius 2 is 1.50 bits per heavy atom. The smallest absolute Gasteiger partial charge is 0.329 e. The summed E-state index contributed by atoms with van der Waals surface area (Å²) in [7, 11) is 2.55. The second-order valence-corrected chi connectivity index (χ2v) is 4.89. The largest absolute Gasteiger partial charge is 0.468 e. The monoisotopic (exact) mass is 288 g/mol. The number of carbonyl (C=O) groups is 3. The molecular formula is C13H24N2O5. The molecule has 0 aromatic heterocycles. The van der Waals surface area contributed by atoms with Gasteiger partial charge in [0.2, 0.25) is 5.91 Å². The van der Waals surface area contributed by atoms with Crippen LogP contribution in [0.25, 0.3) is 0 Å². The number of nitrogens with one attached hydrogen (secondary N) is 2. The fraction of sp³-hybridized carbons (Fsp3) is 0.769. The van der Waals surface area contributed by atoms with Crippen molar-refractivity contribution in [2.45, 2.75) is 39.3 Å². The van der Waals surface area contributed by atoms with E-state index in [0.717, 1.165) is 0 Å². The van der Waals surface area contributed by atoms with Crippen LogP contribution in [0, 0.1) is 5.92 Å². The molecule has 0 radical (unpaired) electrons. The number of amides is 1. The van der Waals surface area contributed by atoms with Crippen molar-refractivity contribution >= 4 is 17.8 Å². The van der Waals surface area contributed by atoms with Crippen molar-refractivity contribution in [3.05, 3.63) is 0 Å². The third-order valence-electron chi connectivity index (χ3n) is 2.62. The minimum Gasteiger partial charge on any atom is -0.468 e. The Morgan fingerprint density at radius 1 is 1.00 bits per heavy atom. The zero-order valence-corrected chi connectivity index (χ0v) is 12.7. The molecule has 2 atom stereocenters. The van der Waals surface area contributed by atoms with Crippen molar-refractivity contribution in [3.8, 4) is 0 Å². The number of carbonyl (C=O) groups excluding carboxylic acids is 3. The second kappa shape index (κ2) is 9.30. The van der Waals surface area contributed by atoms with Gasteiger partial charge in [0, 0.05) is 13.5 Å². The van der Waals surface area contributed by atoms with E-state index in [1.807, 2.05) is 13.8 Å². The van der Waals surface area contributed by atoms with Gasteiger partial charge in [-0.05, 0) is 12.3 Å². The Balaban J connectivity index is 4.63. The first kappa shape index (κ1) is 18.4. The van der Waals surface area contributed by atoms with Crippen LogP contribution in [-0.2, 0) is 23.9 Å². The van der Waals surface area contributed by atoms with Crippen molar-refractivity contribution in [1.82, 2.24) is 10.6 Å². The molecule has 0 heterocycles. The zero-order chi connectivity index (χ0) is 15.7. The topological polar surface area (TPSA) is 93.7 Å². The minimum atomic E-state index is -0.836. The van der Waals surface area contributed by atoms with Crippen LogP contribution in [0.1, 0.15) is 27.2 Å². The molecule has 1 amide bonds. The van der Waals surface area contributed by atoms with E-state index in [0.29, 0.717) is 6.42 Å². The number of ether oxygens (including phenoxy) is 2. The van der Waals surface area contributed by atoms with Gasteiger partial charge in [0.15, 0.2) is 0 Å². The quantitative estimate of drug-likeness (QED) is 0.603. The van der Waals surface area contributed by atoms with Gasteiger partial charge in [0.05, 0.1) is 14.2 Å². The van der Waals surface area contributed by atoms with Crippen LogP contribution in [0.5, 0.6) is 0 Å². The van der Waals surface area contributed by atoms with Crippen LogP contribution in [0.3, 0.4) is 0 Å². The van der Waals surface area contributed by atoms with E-state index < -0.39 is 24.0 Å². The molecule has 0 aliphatic carbocycles. The molecule has 20 heavy (non-hydrogen) atoms. The van der Waals surface area contributed by atoms with Gasteiger partial charge < -0.3 is 20.1 Å². The van der Waals surface area contributed by atoms with Gasteiger partial charge in [-0.3, -0.25) is 9.59 Å². The number of hydrogen-bond acceptors (Lipinski definition) is 6. The average molecular weight is 288 g/mol. The first-order valence-corrected chi connectivity index (χ1v) is 6.47. The molecule has 0 saturated heterocycles. The maximum absolute atomic E-state index is 11.6. The number of methoxy groups -OCH3 is 2. The van der Waals surface area contributed by atoms with Gasteiger partial charge in [0.1, 0.15) is 12.1 Å². The predicted octanol–water partition coefficient (Wildman–Crippen LogP) is -0.159. The fourth-order valence-corrected chi connectivity index (χ4v) is 1.72. The van der Waals surface area contributed by atoms with Gasteiger partial charge >= 0.3 is 11.9 Å². The third-order valence-corrected chi connectivity index (χ3v) is 2.62. The molecule has 0 rings (SSSR count). The van der Waals surface area contributed by atoms with Gasteiger partial charge in [-0.15, -0.1) is 0 Å². The fourth-order valence-electron chi connectivity index (χ4n) is 1.72. The van der Waals surface area contributed by atoms with Gasteiger partial charge in [-0.25, -0.2) is 4.79 Å². The minimum absolute atomic E-state index is 0.0960. The predicted molar refractivity (Wildman–Crippen MR) is 72.9 cm³/mol. The molecule has 0 bridgehead atoms. The van der Waals surface area contributed by atoms with Gasteiger partial charge in [-0.2, -0.15) is 0 Å². The SMILES string of the molecule is COC(=O)C(CC(C)C)NCC(NC(C)=O)C(=O)OC. The summed E-state index contributed by atoms with van der Waals surface area (Å²) in [6.45, 7) is 5.35. The highest BCUT2D eigenvalue weighted by Crippen LogP contribution is 2.06. The van der Waals surface area contributed by atoms with Gasteiger partial charge in [-0.1, -0.05) is 13.8 Å². The van der Waals surface area contributed by atoms with Crippen molar-refractivity contribution in [2.75, 3.05) is 20.8 Å². The maximum atomic E-state index is 11.6. The van der Waals surface area contributed by atoms with E-state index in [1.165, 1.54) is 21.1 Å². The van der Waals surface area contributed by atoms with E-state index in [-0.39, 0.29) is 18.4 Å². The van der Waals surface area contributed by atoms with Crippen LogP contribution in [0.2, 0.25) is 0 Å². The Labute approximate surface area is 119 Å². The Morgan fingerprint density at radius 3 is 1.90 bits per heavy atom. The Hall–Kier alpha value is -1.63. The summed E-state index contributed by atoms with van der Waals surface area (Å²) >= 11 is 0. The number of hydrogen-bond donors (Lipinski definition) is 2. The van der Waals surface area contributed by atoms with E-state index >= 15 is 0 Å². The van der Waals surface area contributed by atoms with E-state index in [2.05, 4.69) is 15.4 Å². The normalized spacial score (nSPS) is 13.5. The average Bonchev–Trinajstić information content (AvgIpc) is 2.39. The molecule has 7 heteroatoms. The summed E-state index contributed by atoms with van der Waals surface area (Å²) in [4.78, 5) is 34.2. The summed E-state index contributed by atoms with van der Waals surface area (Å²) in [6.07, 6.45) is 0.570. The molecule has 0 aliphatic heterocycles. The molecule has 0 spiro atoms. The highest BCUT2D eigenvalue weighted by molar-refractivity contribution is 5.83. The summed E-state index contributed by atoms with van der Waals surface area (Å²) in [6, 6.07) is -1.36. The summed E-state index contributed by atoms with van der Waals surface area (Å²) in [5.41, 5.74) is 0. The molecule has 2 unspecified atom stereocenters. The maximum Gasteiger partial charge on any atom is 0.329 e. The summed E-state index contributed by atoms with van der Waals surface area (Å²) in [5, 5.41) is 5.40. The standard InChI is InChI=1S/C13H24N2O5/c1-8(2)6-10(12(17)19-4)14-7-11(13(18)20-5)15-9(3)16/h8,10-11,14H,6-7H2,1-5H3,(H,15,16). The lowest BCUT2D eigenvalue weighted by Crippen LogP contribution is -2.51. The lowest BCUT2D eigenvalue weighted by atomic mass is 10.0. The number of esters is 2. The summed E-state index contributed by atoms with van der Waals surface area (Å²) in [5.74, 6) is -1.03. The van der Waals surface area contributed by atoms with E-state index in [9.17, 15) is 14.4 Å². The molecule has 0 aromatic carbocycles. The van der Waals surface area contributed by atoms with Crippen LogP contribution in [0.4, 0.5) is 0 Å². The molecule has 2 N–H and O–H groups in total. The molecule has 0 aromatic rings. The van der Waals surface area contributed by atoms with Crippen LogP contribution in [-0.4, -0.2) is 50.7 Å². The lowest BCUT2D eigenvalue weighted by Gasteiger charge is -2.22. The molecule has 0 fully saturated rings. The van der Waals surface area contributed by atoms with E-state index in [1.54, 1.807) is 0 Å². The first-order chi connectivity index (χ1) is 9.31. The Kier molecular flexibility index (Phi) is 8.54. The number of rotatable bonds is 8. The molecule has 7 nitrogen and oxygen atoms in total. The molecular weight excluding hydrogens is 264 g/mol. The van der Waals surface area contributed by atoms with Crippen LogP contribution < -0.4 is 10.6 Å². The van der Waals surface area contributed by atoms with Crippen molar-refractivity contribution < 1.29 is 23.9 Å². The van der Waals surface area contributed by atoms with E-state index in [4.69, 9.17) is 4.74 Å². The molecule has 0 aliphatic rings. The molecule has 116 valence electrons. The highest BCUT2D eigenvalue weighted by atomic mass is 16.5. The lowest BCUT2D eigenvalue weighted by molar-refractivity contribution is -0.146. The molecule has 0 saturated carbocycles. The Bertz CT molecular complexity index is 344. The first-order valence-electron chi connectivity index (χ1n) is 6.47. The zero-order valence-electron chi connectivity index (χ0n) is 12.7. The summed E-state index contributed by atoms with van der Waals surface area (Å²) < 4.78 is 9.31. The van der Waals surface area contributed by atoms with Crippen molar-refractivity contribution in [1.29, 1.82) is 0 Å².